The van der Waals surface area contributed by atoms with Gasteiger partial charge in [0.2, 0.25) is 15.9 Å². The van der Waals surface area contributed by atoms with Crippen LogP contribution < -0.4 is 15.4 Å². The Labute approximate surface area is 188 Å². The zero-order valence-corrected chi connectivity index (χ0v) is 18.8. The van der Waals surface area contributed by atoms with Crippen molar-refractivity contribution < 1.29 is 35.2 Å². The van der Waals surface area contributed by atoms with Gasteiger partial charge in [0.25, 0.3) is 0 Å². The molecule has 0 radical (unpaired) electrons. The van der Waals surface area contributed by atoms with Crippen molar-refractivity contribution in [3.63, 3.8) is 0 Å². The van der Waals surface area contributed by atoms with Crippen molar-refractivity contribution in [2.75, 3.05) is 22.8 Å². The SMILES string of the molecule is CCCNc1cc(C(F)(F)F)ccc1CCC(=O)NCc1cc(F)c(NS(C)(=O)=O)c(F)c1. The van der Waals surface area contributed by atoms with Crippen molar-refractivity contribution >= 4 is 27.3 Å². The van der Waals surface area contributed by atoms with Crippen molar-refractivity contribution in [1.82, 2.24) is 5.32 Å². The molecule has 0 heterocycles. The van der Waals surface area contributed by atoms with Crippen molar-refractivity contribution in [3.05, 3.63) is 58.7 Å². The summed E-state index contributed by atoms with van der Waals surface area (Å²) in [7, 11) is -3.88. The molecule has 0 aromatic heterocycles. The normalized spacial score (nSPS) is 11.8. The van der Waals surface area contributed by atoms with Crippen LogP contribution in [-0.4, -0.2) is 27.1 Å². The van der Waals surface area contributed by atoms with E-state index in [0.29, 0.717) is 18.5 Å². The molecule has 2 aromatic rings. The molecule has 1 amide bonds. The number of hydrogen-bond donors (Lipinski definition) is 3. The molecule has 33 heavy (non-hydrogen) atoms. The van der Waals surface area contributed by atoms with E-state index in [0.717, 1.165) is 30.5 Å². The summed E-state index contributed by atoms with van der Waals surface area (Å²) in [6.07, 6.45) is -2.96. The van der Waals surface area contributed by atoms with E-state index in [1.165, 1.54) is 6.07 Å². The summed E-state index contributed by atoms with van der Waals surface area (Å²) in [6.45, 7) is 2.10. The van der Waals surface area contributed by atoms with Crippen LogP contribution in [-0.2, 0) is 34.0 Å². The molecule has 0 fully saturated rings. The fraction of sp³-hybridized carbons (Fsp3) is 0.381. The van der Waals surface area contributed by atoms with Crippen molar-refractivity contribution in [3.8, 4) is 0 Å². The zero-order valence-electron chi connectivity index (χ0n) is 17.9. The molecule has 12 heteroatoms. The van der Waals surface area contributed by atoms with E-state index in [-0.39, 0.29) is 30.6 Å². The van der Waals surface area contributed by atoms with Crippen LogP contribution in [0.25, 0.3) is 0 Å². The van der Waals surface area contributed by atoms with Crippen LogP contribution in [0, 0.1) is 11.6 Å². The van der Waals surface area contributed by atoms with Crippen LogP contribution >= 0.6 is 0 Å². The zero-order chi connectivity index (χ0) is 24.8. The van der Waals surface area contributed by atoms with E-state index in [4.69, 9.17) is 0 Å². The third-order valence-corrected chi connectivity index (χ3v) is 5.08. The first-order chi connectivity index (χ1) is 15.3. The van der Waals surface area contributed by atoms with E-state index < -0.39 is 45.0 Å². The molecule has 0 bridgehead atoms. The Morgan fingerprint density at radius 1 is 1.06 bits per heavy atom. The third kappa shape index (κ3) is 8.19. The molecular formula is C21H24F5N3O3S. The predicted molar refractivity (Wildman–Crippen MR) is 115 cm³/mol. The first-order valence-corrected chi connectivity index (χ1v) is 11.9. The fourth-order valence-electron chi connectivity index (χ4n) is 2.94. The number of carbonyl (C=O) groups excluding carboxylic acids is 1. The molecule has 0 saturated heterocycles. The number of aryl methyl sites for hydroxylation is 1. The molecule has 0 aliphatic rings. The Bertz CT molecular complexity index is 1080. The summed E-state index contributed by atoms with van der Waals surface area (Å²) in [6, 6.07) is 5.04. The van der Waals surface area contributed by atoms with Crippen LogP contribution in [0.4, 0.5) is 33.3 Å². The molecule has 0 saturated carbocycles. The van der Waals surface area contributed by atoms with E-state index in [1.807, 2.05) is 6.92 Å². The summed E-state index contributed by atoms with van der Waals surface area (Å²) in [5.74, 6) is -2.75. The highest BCUT2D eigenvalue weighted by molar-refractivity contribution is 7.92. The molecule has 6 nitrogen and oxygen atoms in total. The first kappa shape index (κ1) is 26.4. The molecule has 0 spiro atoms. The first-order valence-electron chi connectivity index (χ1n) is 9.96. The van der Waals surface area contributed by atoms with Gasteiger partial charge in [-0.15, -0.1) is 0 Å². The number of alkyl halides is 3. The number of nitrogens with one attached hydrogen (secondary N) is 3. The Morgan fingerprint density at radius 3 is 2.24 bits per heavy atom. The second-order valence-corrected chi connectivity index (χ2v) is 9.13. The number of benzene rings is 2. The highest BCUT2D eigenvalue weighted by Gasteiger charge is 2.31. The summed E-state index contributed by atoms with van der Waals surface area (Å²) in [5.41, 5.74) is -0.733. The van der Waals surface area contributed by atoms with E-state index in [9.17, 15) is 35.2 Å². The Kier molecular flexibility index (Phi) is 8.64. The average molecular weight is 493 g/mol. The minimum absolute atomic E-state index is 0.0646. The van der Waals surface area contributed by atoms with Crippen LogP contribution in [0.2, 0.25) is 0 Å². The summed E-state index contributed by atoms with van der Waals surface area (Å²) >= 11 is 0. The minimum Gasteiger partial charge on any atom is -0.385 e. The van der Waals surface area contributed by atoms with Gasteiger partial charge in [-0.2, -0.15) is 13.2 Å². The van der Waals surface area contributed by atoms with E-state index in [1.54, 1.807) is 4.72 Å². The third-order valence-electron chi connectivity index (χ3n) is 4.50. The number of carbonyl (C=O) groups is 1. The second-order valence-electron chi connectivity index (χ2n) is 7.38. The Morgan fingerprint density at radius 2 is 1.70 bits per heavy atom. The van der Waals surface area contributed by atoms with Crippen LogP contribution in [0.3, 0.4) is 0 Å². The minimum atomic E-state index is -4.49. The molecule has 0 unspecified atom stereocenters. The summed E-state index contributed by atoms with van der Waals surface area (Å²) in [4.78, 5) is 12.2. The average Bonchev–Trinajstić information content (AvgIpc) is 2.70. The Hall–Kier alpha value is -2.89. The lowest BCUT2D eigenvalue weighted by Crippen LogP contribution is -2.23. The lowest BCUT2D eigenvalue weighted by Gasteiger charge is -2.15. The molecule has 0 aliphatic heterocycles. The second kappa shape index (κ2) is 10.8. The number of halogens is 5. The number of sulfonamides is 1. The lowest BCUT2D eigenvalue weighted by molar-refractivity contribution is -0.137. The van der Waals surface area contributed by atoms with Gasteiger partial charge in [-0.1, -0.05) is 13.0 Å². The van der Waals surface area contributed by atoms with Gasteiger partial charge in [0.05, 0.1) is 11.8 Å². The van der Waals surface area contributed by atoms with Gasteiger partial charge in [-0.05, 0) is 48.2 Å². The van der Waals surface area contributed by atoms with Crippen molar-refractivity contribution in [2.45, 2.75) is 38.9 Å². The van der Waals surface area contributed by atoms with Crippen LogP contribution in [0.5, 0.6) is 0 Å². The van der Waals surface area contributed by atoms with Gasteiger partial charge in [0.1, 0.15) is 5.69 Å². The van der Waals surface area contributed by atoms with Crippen molar-refractivity contribution in [2.24, 2.45) is 0 Å². The van der Waals surface area contributed by atoms with Gasteiger partial charge in [-0.25, -0.2) is 17.2 Å². The maximum absolute atomic E-state index is 14.0. The predicted octanol–water partition coefficient (Wildman–Crippen LogP) is 4.43. The maximum atomic E-state index is 14.0. The van der Waals surface area contributed by atoms with Gasteiger partial charge < -0.3 is 10.6 Å². The molecule has 0 aliphatic carbocycles. The van der Waals surface area contributed by atoms with E-state index >= 15 is 0 Å². The van der Waals surface area contributed by atoms with Gasteiger partial charge >= 0.3 is 6.18 Å². The quantitative estimate of drug-likeness (QED) is 0.428. The van der Waals surface area contributed by atoms with Gasteiger partial charge in [0.15, 0.2) is 11.6 Å². The number of hydrogen-bond acceptors (Lipinski definition) is 4. The summed E-state index contributed by atoms with van der Waals surface area (Å²) in [5, 5.41) is 5.41. The van der Waals surface area contributed by atoms with Gasteiger partial charge in [-0.3, -0.25) is 9.52 Å². The molecule has 182 valence electrons. The fourth-order valence-corrected chi connectivity index (χ4v) is 3.51. The molecule has 3 N–H and O–H groups in total. The Balaban J connectivity index is 2.02. The monoisotopic (exact) mass is 493 g/mol. The lowest BCUT2D eigenvalue weighted by atomic mass is 10.0. The summed E-state index contributed by atoms with van der Waals surface area (Å²) < 4.78 is 91.1. The van der Waals surface area contributed by atoms with Gasteiger partial charge in [0, 0.05) is 25.2 Å². The standard InChI is InChI=1S/C21H24F5N3O3S/c1-3-8-27-18-11-15(21(24,25)26)6-4-14(18)5-7-19(30)28-12-13-9-16(22)20(17(23)10-13)29-33(2,31)32/h4,6,9-11,27,29H,3,5,7-8,12H2,1-2H3,(H,28,30). The molecular weight excluding hydrogens is 469 g/mol. The molecule has 0 atom stereocenters. The van der Waals surface area contributed by atoms with Crippen LogP contribution in [0.15, 0.2) is 30.3 Å². The highest BCUT2D eigenvalue weighted by atomic mass is 32.2. The largest absolute Gasteiger partial charge is 0.416 e. The van der Waals surface area contributed by atoms with E-state index in [2.05, 4.69) is 10.6 Å². The van der Waals surface area contributed by atoms with Crippen LogP contribution in [0.1, 0.15) is 36.5 Å². The number of anilines is 2. The topological polar surface area (TPSA) is 87.3 Å². The molecule has 2 rings (SSSR count). The van der Waals surface area contributed by atoms with Crippen molar-refractivity contribution in [1.29, 1.82) is 0 Å². The smallest absolute Gasteiger partial charge is 0.385 e. The number of rotatable bonds is 10. The highest BCUT2D eigenvalue weighted by Crippen LogP contribution is 2.32. The number of amides is 1. The molecule has 2 aromatic carbocycles. The maximum Gasteiger partial charge on any atom is 0.416 e.